The quantitative estimate of drug-likeness (QED) is 0.884. The van der Waals surface area contributed by atoms with E-state index in [-0.39, 0.29) is 11.4 Å². The van der Waals surface area contributed by atoms with E-state index in [2.05, 4.69) is 5.32 Å². The monoisotopic (exact) mass is 275 g/mol. The van der Waals surface area contributed by atoms with Crippen LogP contribution in [0.1, 0.15) is 27.9 Å². The fraction of sp³-hybridized carbons (Fsp3) is 0.455. The number of carboxylic acid groups (broad SMARTS) is 1. The first-order valence-corrected chi connectivity index (χ1v) is 6.06. The molecule has 1 saturated carbocycles. The van der Waals surface area contributed by atoms with E-state index in [4.69, 9.17) is 5.11 Å². The number of thiophene rings is 1. The van der Waals surface area contributed by atoms with Crippen molar-refractivity contribution < 1.29 is 23.5 Å². The van der Waals surface area contributed by atoms with Crippen LogP contribution in [0.3, 0.4) is 0 Å². The summed E-state index contributed by atoms with van der Waals surface area (Å²) in [5.74, 6) is -4.67. The molecule has 0 bridgehead atoms. The second-order valence-corrected chi connectivity index (χ2v) is 5.64. The molecular weight excluding hydrogens is 264 g/mol. The van der Waals surface area contributed by atoms with Crippen molar-refractivity contribution in [3.63, 3.8) is 0 Å². The molecule has 0 radical (unpaired) electrons. The van der Waals surface area contributed by atoms with Gasteiger partial charge in [-0.2, -0.15) is 0 Å². The maximum Gasteiger partial charge on any atom is 0.345 e. The summed E-state index contributed by atoms with van der Waals surface area (Å²) >= 11 is 1.01. The van der Waals surface area contributed by atoms with E-state index in [1.54, 1.807) is 6.07 Å². The largest absolute Gasteiger partial charge is 0.477 e. The predicted octanol–water partition coefficient (Wildman–Crippen LogP) is 2.11. The molecule has 1 aliphatic rings. The molecular formula is C11H11F2NO3S. The Morgan fingerprint density at radius 2 is 2.11 bits per heavy atom. The number of aromatic carboxylic acids is 1. The van der Waals surface area contributed by atoms with Crippen molar-refractivity contribution in [3.8, 4) is 0 Å². The van der Waals surface area contributed by atoms with Gasteiger partial charge in [-0.3, -0.25) is 4.79 Å². The van der Waals surface area contributed by atoms with Crippen LogP contribution in [0.15, 0.2) is 12.1 Å². The highest BCUT2D eigenvalue weighted by atomic mass is 32.1. The SMILES string of the molecule is CC1(C(=O)NCc2ccc(C(=O)O)s2)CC1(F)F. The van der Waals surface area contributed by atoms with Gasteiger partial charge >= 0.3 is 5.97 Å². The van der Waals surface area contributed by atoms with Gasteiger partial charge in [0.1, 0.15) is 10.3 Å². The van der Waals surface area contributed by atoms with E-state index in [1.807, 2.05) is 0 Å². The van der Waals surface area contributed by atoms with Crippen LogP contribution >= 0.6 is 11.3 Å². The maximum absolute atomic E-state index is 12.9. The van der Waals surface area contributed by atoms with Crippen molar-refractivity contribution in [2.24, 2.45) is 5.41 Å². The molecule has 1 unspecified atom stereocenters. The molecule has 1 aromatic rings. The highest BCUT2D eigenvalue weighted by Gasteiger charge is 2.72. The van der Waals surface area contributed by atoms with Crippen molar-refractivity contribution in [3.05, 3.63) is 21.9 Å². The highest BCUT2D eigenvalue weighted by molar-refractivity contribution is 7.13. The molecule has 1 atom stereocenters. The minimum Gasteiger partial charge on any atom is -0.477 e. The van der Waals surface area contributed by atoms with Crippen LogP contribution in [-0.2, 0) is 11.3 Å². The molecule has 2 N–H and O–H groups in total. The fourth-order valence-corrected chi connectivity index (χ4v) is 2.38. The highest BCUT2D eigenvalue weighted by Crippen LogP contribution is 2.60. The summed E-state index contributed by atoms with van der Waals surface area (Å²) in [5.41, 5.74) is -1.61. The number of nitrogens with one attached hydrogen (secondary N) is 1. The third-order valence-electron chi connectivity index (χ3n) is 3.05. The molecule has 2 rings (SSSR count). The Balaban J connectivity index is 1.92. The Morgan fingerprint density at radius 3 is 2.56 bits per heavy atom. The molecule has 1 heterocycles. The van der Waals surface area contributed by atoms with Gasteiger partial charge in [0.2, 0.25) is 5.91 Å². The van der Waals surface area contributed by atoms with Crippen molar-refractivity contribution >= 4 is 23.2 Å². The van der Waals surface area contributed by atoms with E-state index >= 15 is 0 Å². The molecule has 1 amide bonds. The van der Waals surface area contributed by atoms with Crippen LogP contribution in [0.2, 0.25) is 0 Å². The number of alkyl halides is 2. The van der Waals surface area contributed by atoms with Gasteiger partial charge in [-0.05, 0) is 19.1 Å². The Labute approximate surface area is 106 Å². The average molecular weight is 275 g/mol. The zero-order valence-electron chi connectivity index (χ0n) is 9.50. The van der Waals surface area contributed by atoms with Crippen LogP contribution in [0.5, 0.6) is 0 Å². The minimum atomic E-state index is -2.93. The van der Waals surface area contributed by atoms with E-state index in [0.717, 1.165) is 11.3 Å². The average Bonchev–Trinajstić information content (AvgIpc) is 2.68. The van der Waals surface area contributed by atoms with Crippen LogP contribution in [0, 0.1) is 5.41 Å². The van der Waals surface area contributed by atoms with Gasteiger partial charge in [0, 0.05) is 11.3 Å². The first kappa shape index (κ1) is 12.9. The normalized spacial score (nSPS) is 24.6. The first-order valence-electron chi connectivity index (χ1n) is 5.24. The van der Waals surface area contributed by atoms with Gasteiger partial charge in [-0.25, -0.2) is 13.6 Å². The fourth-order valence-electron chi connectivity index (χ4n) is 1.60. The summed E-state index contributed by atoms with van der Waals surface area (Å²) in [7, 11) is 0. The molecule has 1 fully saturated rings. The van der Waals surface area contributed by atoms with E-state index < -0.39 is 29.6 Å². The molecule has 7 heteroatoms. The lowest BCUT2D eigenvalue weighted by atomic mass is 10.1. The standard InChI is InChI=1S/C11H11F2NO3S/c1-10(5-11(10,12)13)9(17)14-4-6-2-3-7(18-6)8(15)16/h2-3H,4-5H2,1H3,(H,14,17)(H,15,16). The second-order valence-electron chi connectivity index (χ2n) is 4.47. The Kier molecular flexibility index (Phi) is 2.89. The summed E-state index contributed by atoms with van der Waals surface area (Å²) in [4.78, 5) is 23.0. The van der Waals surface area contributed by atoms with E-state index in [1.165, 1.54) is 13.0 Å². The van der Waals surface area contributed by atoms with E-state index in [9.17, 15) is 18.4 Å². The topological polar surface area (TPSA) is 66.4 Å². The smallest absolute Gasteiger partial charge is 0.345 e. The lowest BCUT2D eigenvalue weighted by Crippen LogP contribution is -2.33. The van der Waals surface area contributed by atoms with Gasteiger partial charge < -0.3 is 10.4 Å². The van der Waals surface area contributed by atoms with Crippen LogP contribution < -0.4 is 5.32 Å². The lowest BCUT2D eigenvalue weighted by Gasteiger charge is -2.10. The molecule has 4 nitrogen and oxygen atoms in total. The summed E-state index contributed by atoms with van der Waals surface area (Å²) in [5, 5.41) is 11.1. The number of amides is 1. The van der Waals surface area contributed by atoms with Crippen molar-refractivity contribution in [2.75, 3.05) is 0 Å². The molecule has 1 aromatic heterocycles. The zero-order chi connectivity index (χ0) is 13.6. The number of carboxylic acids is 1. The zero-order valence-corrected chi connectivity index (χ0v) is 10.3. The summed E-state index contributed by atoms with van der Waals surface area (Å²) in [6, 6.07) is 2.98. The Morgan fingerprint density at radius 1 is 1.50 bits per heavy atom. The minimum absolute atomic E-state index is 0.0719. The third-order valence-corrected chi connectivity index (χ3v) is 4.13. The molecule has 0 spiro atoms. The molecule has 0 aliphatic heterocycles. The van der Waals surface area contributed by atoms with Gasteiger partial charge in [0.15, 0.2) is 0 Å². The van der Waals surface area contributed by atoms with Gasteiger partial charge in [-0.1, -0.05) is 0 Å². The van der Waals surface area contributed by atoms with Gasteiger partial charge in [-0.15, -0.1) is 11.3 Å². The molecule has 0 aromatic carbocycles. The van der Waals surface area contributed by atoms with Crippen LogP contribution in [0.25, 0.3) is 0 Å². The molecule has 98 valence electrons. The molecule has 1 aliphatic carbocycles. The second kappa shape index (κ2) is 4.01. The number of hydrogen-bond donors (Lipinski definition) is 2. The first-order chi connectivity index (χ1) is 8.26. The van der Waals surface area contributed by atoms with Gasteiger partial charge in [0.05, 0.1) is 6.54 Å². The van der Waals surface area contributed by atoms with Crippen molar-refractivity contribution in [2.45, 2.75) is 25.8 Å². The molecule has 18 heavy (non-hydrogen) atoms. The Bertz CT molecular complexity index is 514. The summed E-state index contributed by atoms with van der Waals surface area (Å²) in [6.07, 6.45) is -0.434. The maximum atomic E-state index is 12.9. The van der Waals surface area contributed by atoms with E-state index in [0.29, 0.717) is 4.88 Å². The lowest BCUT2D eigenvalue weighted by molar-refractivity contribution is -0.129. The Hall–Kier alpha value is -1.50. The van der Waals surface area contributed by atoms with Crippen molar-refractivity contribution in [1.82, 2.24) is 5.32 Å². The number of halogens is 2. The number of carbonyl (C=O) groups is 2. The number of carbonyl (C=O) groups excluding carboxylic acids is 1. The number of hydrogen-bond acceptors (Lipinski definition) is 3. The van der Waals surface area contributed by atoms with Crippen LogP contribution in [-0.4, -0.2) is 22.9 Å². The van der Waals surface area contributed by atoms with Crippen molar-refractivity contribution in [1.29, 1.82) is 0 Å². The van der Waals surface area contributed by atoms with Gasteiger partial charge in [0.25, 0.3) is 5.92 Å². The predicted molar refractivity (Wildman–Crippen MR) is 60.8 cm³/mol. The summed E-state index contributed by atoms with van der Waals surface area (Å²) < 4.78 is 25.9. The number of rotatable bonds is 4. The third kappa shape index (κ3) is 2.10. The van der Waals surface area contributed by atoms with Crippen LogP contribution in [0.4, 0.5) is 8.78 Å². The summed E-state index contributed by atoms with van der Waals surface area (Å²) in [6.45, 7) is 1.29. The molecule has 0 saturated heterocycles.